The minimum Gasteiger partial charge on any atom is -0.360 e. The van der Waals surface area contributed by atoms with E-state index in [1.165, 1.54) is 12.8 Å². The lowest BCUT2D eigenvalue weighted by molar-refractivity contribution is 0.653. The summed E-state index contributed by atoms with van der Waals surface area (Å²) in [4.78, 5) is 0. The molecule has 1 heterocycles. The topological polar surface area (TPSA) is 41.9 Å². The van der Waals surface area contributed by atoms with Gasteiger partial charge in [-0.15, -0.1) is 0 Å². The Balaban J connectivity index is 1.95. The number of rotatable bonds is 3. The molecule has 2 rings (SSSR count). The molecule has 2 N–H and O–H groups in total. The Kier molecular flexibility index (Phi) is 2.90. The van der Waals surface area contributed by atoms with Crippen molar-refractivity contribution in [1.82, 2.24) is 15.1 Å². The van der Waals surface area contributed by atoms with Gasteiger partial charge in [0.15, 0.2) is 5.11 Å². The lowest BCUT2D eigenvalue weighted by Crippen LogP contribution is -2.30. The summed E-state index contributed by atoms with van der Waals surface area (Å²) < 4.78 is 1.90. The van der Waals surface area contributed by atoms with Crippen LogP contribution in [0, 0.1) is 6.92 Å². The lowest BCUT2D eigenvalue weighted by atomic mass is 10.4. The number of nitrogens with one attached hydrogen (secondary N) is 2. The number of aryl methyl sites for hydroxylation is 2. The van der Waals surface area contributed by atoms with Gasteiger partial charge >= 0.3 is 0 Å². The van der Waals surface area contributed by atoms with Crippen molar-refractivity contribution in [3.63, 3.8) is 0 Å². The predicted molar refractivity (Wildman–Crippen MR) is 65.0 cm³/mol. The molecule has 1 aromatic heterocycles. The minimum atomic E-state index is 0.589. The molecule has 0 aliphatic heterocycles. The van der Waals surface area contributed by atoms with Crippen LogP contribution >= 0.6 is 12.2 Å². The first-order valence-corrected chi connectivity index (χ1v) is 5.71. The third kappa shape index (κ3) is 2.68. The molecule has 0 amide bonds. The van der Waals surface area contributed by atoms with E-state index in [-0.39, 0.29) is 0 Å². The Morgan fingerprint density at radius 1 is 1.67 bits per heavy atom. The molecule has 1 aliphatic carbocycles. The maximum Gasteiger partial charge on any atom is 0.171 e. The first-order chi connectivity index (χ1) is 7.19. The van der Waals surface area contributed by atoms with Gasteiger partial charge in [-0.1, -0.05) is 0 Å². The molecular formula is C10H16N4S. The fourth-order valence-electron chi connectivity index (χ4n) is 1.37. The van der Waals surface area contributed by atoms with Gasteiger partial charge in [-0.2, -0.15) is 5.10 Å². The van der Waals surface area contributed by atoms with Crippen LogP contribution in [0.1, 0.15) is 25.5 Å². The van der Waals surface area contributed by atoms with Crippen LogP contribution in [0.15, 0.2) is 6.20 Å². The van der Waals surface area contributed by atoms with E-state index < -0.39 is 0 Å². The van der Waals surface area contributed by atoms with E-state index in [1.54, 1.807) is 0 Å². The van der Waals surface area contributed by atoms with Crippen molar-refractivity contribution < 1.29 is 0 Å². The first-order valence-electron chi connectivity index (χ1n) is 5.30. The van der Waals surface area contributed by atoms with Crippen molar-refractivity contribution in [3.8, 4) is 0 Å². The maximum absolute atomic E-state index is 5.20. The number of anilines is 1. The van der Waals surface area contributed by atoms with Gasteiger partial charge in [-0.25, -0.2) is 0 Å². The fourth-order valence-corrected chi connectivity index (χ4v) is 1.65. The number of thiocarbonyl (C=S) groups is 1. The van der Waals surface area contributed by atoms with Crippen LogP contribution in [0.2, 0.25) is 0 Å². The molecule has 1 fully saturated rings. The third-order valence-electron chi connectivity index (χ3n) is 2.43. The molecule has 0 atom stereocenters. The van der Waals surface area contributed by atoms with Crippen molar-refractivity contribution in [2.75, 3.05) is 5.32 Å². The smallest absolute Gasteiger partial charge is 0.171 e. The average Bonchev–Trinajstić information content (AvgIpc) is 2.92. The van der Waals surface area contributed by atoms with Crippen LogP contribution in [0.4, 0.5) is 5.69 Å². The third-order valence-corrected chi connectivity index (χ3v) is 2.65. The van der Waals surface area contributed by atoms with Crippen molar-refractivity contribution in [1.29, 1.82) is 0 Å². The zero-order valence-electron chi connectivity index (χ0n) is 9.08. The summed E-state index contributed by atoms with van der Waals surface area (Å²) in [6.45, 7) is 4.93. The highest BCUT2D eigenvalue weighted by molar-refractivity contribution is 7.80. The minimum absolute atomic E-state index is 0.589. The summed E-state index contributed by atoms with van der Waals surface area (Å²) >= 11 is 5.20. The van der Waals surface area contributed by atoms with E-state index in [0.29, 0.717) is 11.2 Å². The molecule has 1 aliphatic rings. The van der Waals surface area contributed by atoms with Crippen molar-refractivity contribution in [3.05, 3.63) is 11.9 Å². The fraction of sp³-hybridized carbons (Fsp3) is 0.600. The van der Waals surface area contributed by atoms with Gasteiger partial charge in [0.1, 0.15) is 0 Å². The molecule has 0 bridgehead atoms. The molecule has 0 radical (unpaired) electrons. The molecule has 82 valence electrons. The molecule has 4 nitrogen and oxygen atoms in total. The highest BCUT2D eigenvalue weighted by Crippen LogP contribution is 2.19. The van der Waals surface area contributed by atoms with Crippen LogP contribution < -0.4 is 10.6 Å². The number of hydrogen-bond acceptors (Lipinski definition) is 2. The summed E-state index contributed by atoms with van der Waals surface area (Å²) in [5.74, 6) is 0. The highest BCUT2D eigenvalue weighted by Gasteiger charge is 2.22. The van der Waals surface area contributed by atoms with Gasteiger partial charge in [0.25, 0.3) is 0 Å². The molecule has 15 heavy (non-hydrogen) atoms. The molecule has 1 aromatic rings. The number of aromatic nitrogens is 2. The van der Waals surface area contributed by atoms with Gasteiger partial charge in [-0.3, -0.25) is 4.68 Å². The van der Waals surface area contributed by atoms with Crippen LogP contribution in [-0.2, 0) is 6.54 Å². The van der Waals surface area contributed by atoms with Crippen LogP contribution in [0.25, 0.3) is 0 Å². The van der Waals surface area contributed by atoms with E-state index in [4.69, 9.17) is 12.2 Å². The van der Waals surface area contributed by atoms with Gasteiger partial charge in [0, 0.05) is 18.8 Å². The normalized spacial score (nSPS) is 15.1. The summed E-state index contributed by atoms with van der Waals surface area (Å²) in [7, 11) is 0. The zero-order chi connectivity index (χ0) is 10.8. The Hall–Kier alpha value is -1.10. The van der Waals surface area contributed by atoms with Crippen LogP contribution in [0.5, 0.6) is 0 Å². The Morgan fingerprint density at radius 2 is 2.40 bits per heavy atom. The summed E-state index contributed by atoms with van der Waals surface area (Å²) in [5, 5.41) is 11.5. The molecule has 1 saturated carbocycles. The predicted octanol–water partition coefficient (Wildman–Crippen LogP) is 1.66. The van der Waals surface area contributed by atoms with Gasteiger partial charge in [0.2, 0.25) is 0 Å². The monoisotopic (exact) mass is 224 g/mol. The summed E-state index contributed by atoms with van der Waals surface area (Å²) in [6.07, 6.45) is 4.44. The summed E-state index contributed by atoms with van der Waals surface area (Å²) in [6, 6.07) is 0.589. The lowest BCUT2D eigenvalue weighted by Gasteiger charge is -2.07. The molecular weight excluding hydrogens is 208 g/mol. The van der Waals surface area contributed by atoms with Crippen molar-refractivity contribution in [2.45, 2.75) is 39.3 Å². The maximum atomic E-state index is 5.20. The average molecular weight is 224 g/mol. The Labute approximate surface area is 95.0 Å². The van der Waals surface area contributed by atoms with Gasteiger partial charge in [0.05, 0.1) is 11.4 Å². The Bertz CT molecular complexity index is 367. The van der Waals surface area contributed by atoms with Gasteiger partial charge < -0.3 is 10.6 Å². The first kappa shape index (κ1) is 10.4. The molecule has 5 heteroatoms. The SMILES string of the molecule is CCn1cc(NC(=S)NC2CC2)c(C)n1. The molecule has 0 saturated heterocycles. The van der Waals surface area contributed by atoms with Crippen LogP contribution in [-0.4, -0.2) is 20.9 Å². The number of hydrogen-bond donors (Lipinski definition) is 2. The van der Waals surface area contributed by atoms with Gasteiger partial charge in [-0.05, 0) is 38.9 Å². The van der Waals surface area contributed by atoms with Crippen molar-refractivity contribution in [2.24, 2.45) is 0 Å². The van der Waals surface area contributed by atoms with E-state index in [2.05, 4.69) is 22.7 Å². The quantitative estimate of drug-likeness (QED) is 0.766. The van der Waals surface area contributed by atoms with E-state index in [1.807, 2.05) is 17.8 Å². The molecule has 0 aromatic carbocycles. The highest BCUT2D eigenvalue weighted by atomic mass is 32.1. The second-order valence-electron chi connectivity index (χ2n) is 3.86. The standard InChI is InChI=1S/C10H16N4S/c1-3-14-6-9(7(2)13-14)12-10(15)11-8-4-5-8/h6,8H,3-5H2,1-2H3,(H2,11,12,15). The molecule has 0 spiro atoms. The largest absolute Gasteiger partial charge is 0.360 e. The van der Waals surface area contributed by atoms with E-state index >= 15 is 0 Å². The Morgan fingerprint density at radius 3 is 2.93 bits per heavy atom. The van der Waals surface area contributed by atoms with Crippen LogP contribution in [0.3, 0.4) is 0 Å². The summed E-state index contributed by atoms with van der Waals surface area (Å²) in [5.41, 5.74) is 1.98. The zero-order valence-corrected chi connectivity index (χ0v) is 9.90. The second kappa shape index (κ2) is 4.18. The van der Waals surface area contributed by atoms with Crippen molar-refractivity contribution >= 4 is 23.0 Å². The van der Waals surface area contributed by atoms with E-state index in [0.717, 1.165) is 17.9 Å². The molecule has 0 unspecified atom stereocenters. The number of nitrogens with zero attached hydrogens (tertiary/aromatic N) is 2. The second-order valence-corrected chi connectivity index (χ2v) is 4.26. The van der Waals surface area contributed by atoms with E-state index in [9.17, 15) is 0 Å².